The third-order valence-corrected chi connectivity index (χ3v) is 3.63. The molecule has 0 fully saturated rings. The molecule has 1 aromatic heterocycles. The van der Waals surface area contributed by atoms with Gasteiger partial charge in [0.15, 0.2) is 18.1 Å². The van der Waals surface area contributed by atoms with Gasteiger partial charge < -0.3 is 23.9 Å². The molecule has 1 amide bonds. The smallest absolute Gasteiger partial charge is 0.338 e. The van der Waals surface area contributed by atoms with Gasteiger partial charge in [-0.2, -0.15) is 0 Å². The molecule has 1 atom stereocenters. The summed E-state index contributed by atoms with van der Waals surface area (Å²) in [5, 5.41) is 2.90. The summed E-state index contributed by atoms with van der Waals surface area (Å²) in [6.07, 6.45) is 1.52. The minimum absolute atomic E-state index is 0.0423. The van der Waals surface area contributed by atoms with Gasteiger partial charge in [-0.25, -0.2) is 4.79 Å². The van der Waals surface area contributed by atoms with Crippen LogP contribution in [0.5, 0.6) is 11.5 Å². The topological polar surface area (TPSA) is 87.0 Å². The van der Waals surface area contributed by atoms with Crippen molar-refractivity contribution in [2.45, 2.75) is 13.0 Å². The van der Waals surface area contributed by atoms with Crippen LogP contribution in [-0.4, -0.2) is 25.3 Å². The normalized spacial score (nSPS) is 13.4. The van der Waals surface area contributed by atoms with E-state index in [0.29, 0.717) is 17.3 Å². The van der Waals surface area contributed by atoms with Crippen LogP contribution in [0.25, 0.3) is 0 Å². The largest absolute Gasteiger partial charge is 0.467 e. The fraction of sp³-hybridized carbons (Fsp3) is 0.250. The molecule has 1 aliphatic heterocycles. The number of rotatable bonds is 5. The van der Waals surface area contributed by atoms with Crippen LogP contribution in [0.1, 0.15) is 29.1 Å². The number of halogens is 1. The van der Waals surface area contributed by atoms with Crippen molar-refractivity contribution in [2.24, 2.45) is 0 Å². The Balaban J connectivity index is 1.56. The maximum Gasteiger partial charge on any atom is 0.338 e. The summed E-state index contributed by atoms with van der Waals surface area (Å²) in [7, 11) is 0. The molecule has 1 N–H and O–H groups in total. The average molecular weight is 352 g/mol. The Hall–Kier alpha value is -2.67. The van der Waals surface area contributed by atoms with Crippen LogP contribution in [0.4, 0.5) is 0 Å². The lowest BCUT2D eigenvalue weighted by Crippen LogP contribution is -2.30. The zero-order valence-electron chi connectivity index (χ0n) is 12.7. The minimum Gasteiger partial charge on any atom is -0.467 e. The molecular weight excluding hydrogens is 338 g/mol. The molecule has 2 heterocycles. The molecule has 0 bridgehead atoms. The van der Waals surface area contributed by atoms with E-state index in [0.717, 1.165) is 0 Å². The molecule has 0 spiro atoms. The maximum atomic E-state index is 12.0. The number of benzene rings is 1. The van der Waals surface area contributed by atoms with Crippen molar-refractivity contribution in [2.75, 3.05) is 13.4 Å². The van der Waals surface area contributed by atoms with E-state index in [-0.39, 0.29) is 23.4 Å². The van der Waals surface area contributed by atoms with Crippen molar-refractivity contribution in [3.63, 3.8) is 0 Å². The maximum absolute atomic E-state index is 12.0. The standard InChI is InChI=1S/C16H14ClNO6/c1-9(12-3-2-4-21-12)18-14(19)7-22-16(20)10-5-11(17)15-13(6-10)23-8-24-15/h2-6,9H,7-8H2,1H3,(H,18,19)/t9-/m0/s1. The van der Waals surface area contributed by atoms with Gasteiger partial charge >= 0.3 is 5.97 Å². The number of nitrogens with one attached hydrogen (secondary N) is 1. The number of amides is 1. The van der Waals surface area contributed by atoms with Crippen molar-refractivity contribution >= 4 is 23.5 Å². The first-order valence-electron chi connectivity index (χ1n) is 7.13. The fourth-order valence-electron chi connectivity index (χ4n) is 2.19. The third kappa shape index (κ3) is 3.46. The van der Waals surface area contributed by atoms with Crippen LogP contribution in [0.15, 0.2) is 34.9 Å². The predicted octanol–water partition coefficient (Wildman–Crippen LogP) is 2.70. The summed E-state index contributed by atoms with van der Waals surface area (Å²) in [5.41, 5.74) is 0.177. The molecule has 0 saturated carbocycles. The third-order valence-electron chi connectivity index (χ3n) is 3.34. The Morgan fingerprint density at radius 2 is 2.21 bits per heavy atom. The highest BCUT2D eigenvalue weighted by atomic mass is 35.5. The van der Waals surface area contributed by atoms with Crippen molar-refractivity contribution in [3.05, 3.63) is 46.9 Å². The second-order valence-electron chi connectivity index (χ2n) is 5.07. The van der Waals surface area contributed by atoms with E-state index < -0.39 is 18.5 Å². The van der Waals surface area contributed by atoms with Crippen LogP contribution < -0.4 is 14.8 Å². The van der Waals surface area contributed by atoms with E-state index in [4.69, 9.17) is 30.2 Å². The Labute approximate surface area is 142 Å². The van der Waals surface area contributed by atoms with Gasteiger partial charge in [0.1, 0.15) is 5.76 Å². The second kappa shape index (κ2) is 6.84. The molecular formula is C16H14ClNO6. The fourth-order valence-corrected chi connectivity index (χ4v) is 2.46. The van der Waals surface area contributed by atoms with E-state index in [1.807, 2.05) is 0 Å². The number of carbonyl (C=O) groups excluding carboxylic acids is 2. The molecule has 0 aliphatic carbocycles. The zero-order chi connectivity index (χ0) is 17.1. The van der Waals surface area contributed by atoms with Crippen LogP contribution in [0.3, 0.4) is 0 Å². The summed E-state index contributed by atoms with van der Waals surface area (Å²) in [6, 6.07) is 6.00. The van der Waals surface area contributed by atoms with Gasteiger partial charge in [-0.3, -0.25) is 4.79 Å². The number of fused-ring (bicyclic) bond motifs is 1. The van der Waals surface area contributed by atoms with Gasteiger partial charge in [0.05, 0.1) is 22.9 Å². The monoisotopic (exact) mass is 351 g/mol. The summed E-state index contributed by atoms with van der Waals surface area (Å²) < 4.78 is 20.5. The van der Waals surface area contributed by atoms with Gasteiger partial charge in [-0.05, 0) is 31.2 Å². The Kier molecular flexibility index (Phi) is 4.61. The predicted molar refractivity (Wildman–Crippen MR) is 83.1 cm³/mol. The van der Waals surface area contributed by atoms with E-state index in [2.05, 4.69) is 5.32 Å². The Morgan fingerprint density at radius 3 is 2.96 bits per heavy atom. The summed E-state index contributed by atoms with van der Waals surface area (Å²) >= 11 is 6.01. The highest BCUT2D eigenvalue weighted by Crippen LogP contribution is 2.39. The van der Waals surface area contributed by atoms with Gasteiger partial charge in [0, 0.05) is 0 Å². The summed E-state index contributed by atoms with van der Waals surface area (Å²) in [5.74, 6) is 0.232. The number of ether oxygens (including phenoxy) is 3. The number of hydrogen-bond acceptors (Lipinski definition) is 6. The first-order chi connectivity index (χ1) is 11.5. The summed E-state index contributed by atoms with van der Waals surface area (Å²) in [4.78, 5) is 23.9. The molecule has 0 radical (unpaired) electrons. The zero-order valence-corrected chi connectivity index (χ0v) is 13.5. The molecule has 1 aromatic carbocycles. The lowest BCUT2D eigenvalue weighted by molar-refractivity contribution is -0.125. The SMILES string of the molecule is C[C@H](NC(=O)COC(=O)c1cc(Cl)c2c(c1)OCO2)c1ccco1. The first kappa shape index (κ1) is 16.2. The average Bonchev–Trinajstić information content (AvgIpc) is 3.23. The lowest BCUT2D eigenvalue weighted by atomic mass is 10.2. The molecule has 24 heavy (non-hydrogen) atoms. The Bertz CT molecular complexity index is 758. The van der Waals surface area contributed by atoms with Crippen molar-refractivity contribution < 1.29 is 28.2 Å². The first-order valence-corrected chi connectivity index (χ1v) is 7.51. The highest BCUT2D eigenvalue weighted by molar-refractivity contribution is 6.32. The highest BCUT2D eigenvalue weighted by Gasteiger charge is 2.22. The van der Waals surface area contributed by atoms with Crippen molar-refractivity contribution in [1.29, 1.82) is 0 Å². The van der Waals surface area contributed by atoms with Crippen LogP contribution in [-0.2, 0) is 9.53 Å². The number of hydrogen-bond donors (Lipinski definition) is 1. The van der Waals surface area contributed by atoms with Gasteiger partial charge in [-0.15, -0.1) is 0 Å². The molecule has 7 nitrogen and oxygen atoms in total. The van der Waals surface area contributed by atoms with Crippen LogP contribution in [0, 0.1) is 0 Å². The molecule has 8 heteroatoms. The van der Waals surface area contributed by atoms with Crippen molar-refractivity contribution in [3.8, 4) is 11.5 Å². The molecule has 2 aromatic rings. The second-order valence-corrected chi connectivity index (χ2v) is 5.48. The van der Waals surface area contributed by atoms with Gasteiger partial charge in [0.2, 0.25) is 6.79 Å². The van der Waals surface area contributed by atoms with E-state index in [1.165, 1.54) is 18.4 Å². The molecule has 1 aliphatic rings. The Morgan fingerprint density at radius 1 is 1.38 bits per heavy atom. The minimum atomic E-state index is -0.684. The van der Waals surface area contributed by atoms with Gasteiger partial charge in [-0.1, -0.05) is 11.6 Å². The quantitative estimate of drug-likeness (QED) is 0.833. The number of esters is 1. The number of furan rings is 1. The molecule has 126 valence electrons. The lowest BCUT2D eigenvalue weighted by Gasteiger charge is -2.11. The molecule has 0 saturated heterocycles. The molecule has 3 rings (SSSR count). The van der Waals surface area contributed by atoms with Crippen LogP contribution in [0.2, 0.25) is 5.02 Å². The summed E-state index contributed by atoms with van der Waals surface area (Å²) in [6.45, 7) is 1.38. The van der Waals surface area contributed by atoms with Crippen molar-refractivity contribution in [1.82, 2.24) is 5.32 Å². The van der Waals surface area contributed by atoms with E-state index in [1.54, 1.807) is 19.1 Å². The van der Waals surface area contributed by atoms with E-state index >= 15 is 0 Å². The van der Waals surface area contributed by atoms with Gasteiger partial charge in [0.25, 0.3) is 5.91 Å². The van der Waals surface area contributed by atoms with Crippen LogP contribution >= 0.6 is 11.6 Å². The van der Waals surface area contributed by atoms with E-state index in [9.17, 15) is 9.59 Å². The molecule has 0 unspecified atom stereocenters. The number of carbonyl (C=O) groups is 2.